The summed E-state index contributed by atoms with van der Waals surface area (Å²) in [6, 6.07) is 16.1. The Morgan fingerprint density at radius 2 is 1.80 bits per heavy atom. The van der Waals surface area contributed by atoms with E-state index in [1.165, 1.54) is 6.07 Å². The number of nitrogens with two attached hydrogens (primary N) is 2. The fourth-order valence-corrected chi connectivity index (χ4v) is 8.71. The molecule has 1 saturated carbocycles. The number of unbranched alkanes of at least 4 members (excludes halogenated alkanes) is 2. The van der Waals surface area contributed by atoms with Crippen molar-refractivity contribution in [2.45, 2.75) is 73.8 Å². The smallest absolute Gasteiger partial charge is 0.251 e. The van der Waals surface area contributed by atoms with Crippen LogP contribution < -0.4 is 27.4 Å². The second-order valence-electron chi connectivity index (χ2n) is 12.6. The minimum Gasteiger partial charge on any atom is -0.368 e. The van der Waals surface area contributed by atoms with Crippen LogP contribution in [-0.2, 0) is 15.0 Å². The van der Waals surface area contributed by atoms with Gasteiger partial charge in [0.15, 0.2) is 0 Å². The van der Waals surface area contributed by atoms with Crippen molar-refractivity contribution in [1.29, 1.82) is 0 Å². The number of amides is 3. The Morgan fingerprint density at radius 3 is 2.54 bits per heavy atom. The van der Waals surface area contributed by atoms with Crippen LogP contribution in [-0.4, -0.2) is 42.4 Å². The third-order valence-corrected chi connectivity index (χ3v) is 10.7. The SMILES string of the molecule is NCCCCCNC(=O)c1ccc(C2CCCCC23N[C@@H](C(N)=O)[C@H](c2cccc(Cl)c2F)[C@]32C(=O)Nc3cc(Cl)ccc32)cc1. The lowest BCUT2D eigenvalue weighted by Gasteiger charge is -2.52. The van der Waals surface area contributed by atoms with Gasteiger partial charge in [-0.3, -0.25) is 19.7 Å². The molecule has 7 N–H and O–H groups in total. The van der Waals surface area contributed by atoms with Gasteiger partial charge in [-0.1, -0.05) is 72.8 Å². The molecule has 5 atom stereocenters. The average molecular weight is 667 g/mol. The molecular weight excluding hydrogens is 628 g/mol. The quantitative estimate of drug-likeness (QED) is 0.192. The van der Waals surface area contributed by atoms with E-state index >= 15 is 4.39 Å². The molecule has 0 aromatic heterocycles. The number of carbonyl (C=O) groups excluding carboxylic acids is 3. The van der Waals surface area contributed by atoms with Crippen LogP contribution in [0.15, 0.2) is 60.7 Å². The number of hydrogen-bond donors (Lipinski definition) is 5. The second-order valence-corrected chi connectivity index (χ2v) is 13.4. The highest BCUT2D eigenvalue weighted by molar-refractivity contribution is 6.31. The summed E-state index contributed by atoms with van der Waals surface area (Å²) in [5, 5.41) is 9.90. The Kier molecular flexibility index (Phi) is 9.13. The van der Waals surface area contributed by atoms with Gasteiger partial charge in [-0.15, -0.1) is 0 Å². The van der Waals surface area contributed by atoms with Gasteiger partial charge < -0.3 is 22.1 Å². The number of nitrogens with one attached hydrogen (secondary N) is 3. The van der Waals surface area contributed by atoms with Crippen molar-refractivity contribution < 1.29 is 18.8 Å². The van der Waals surface area contributed by atoms with E-state index in [9.17, 15) is 14.4 Å². The molecule has 3 aliphatic rings. The van der Waals surface area contributed by atoms with E-state index in [2.05, 4.69) is 16.0 Å². The molecule has 2 unspecified atom stereocenters. The first-order valence-corrected chi connectivity index (χ1v) is 16.6. The Bertz CT molecular complexity index is 1670. The number of halogens is 3. The molecule has 8 nitrogen and oxygen atoms in total. The zero-order valence-corrected chi connectivity index (χ0v) is 26.9. The van der Waals surface area contributed by atoms with Crippen molar-refractivity contribution in [3.8, 4) is 0 Å². The molecule has 3 aromatic rings. The molecule has 242 valence electrons. The summed E-state index contributed by atoms with van der Waals surface area (Å²) < 4.78 is 16.0. The van der Waals surface area contributed by atoms with Crippen molar-refractivity contribution in [3.63, 3.8) is 0 Å². The van der Waals surface area contributed by atoms with Crippen LogP contribution in [0.5, 0.6) is 0 Å². The van der Waals surface area contributed by atoms with E-state index in [1.54, 1.807) is 42.5 Å². The fraction of sp³-hybridized carbons (Fsp3) is 0.400. The first-order chi connectivity index (χ1) is 22.2. The van der Waals surface area contributed by atoms with Crippen LogP contribution >= 0.6 is 23.2 Å². The van der Waals surface area contributed by atoms with Gasteiger partial charge in [0.2, 0.25) is 11.8 Å². The van der Waals surface area contributed by atoms with Gasteiger partial charge >= 0.3 is 0 Å². The molecule has 1 saturated heterocycles. The fourth-order valence-electron chi connectivity index (χ4n) is 8.36. The summed E-state index contributed by atoms with van der Waals surface area (Å²) in [5.74, 6) is -3.23. The number of anilines is 1. The van der Waals surface area contributed by atoms with E-state index in [0.717, 1.165) is 37.7 Å². The van der Waals surface area contributed by atoms with Crippen LogP contribution in [0.25, 0.3) is 0 Å². The second kappa shape index (κ2) is 13.0. The lowest BCUT2D eigenvalue weighted by atomic mass is 9.51. The first kappa shape index (κ1) is 32.4. The zero-order valence-electron chi connectivity index (χ0n) is 25.4. The van der Waals surface area contributed by atoms with Gasteiger partial charge in [-0.2, -0.15) is 0 Å². The topological polar surface area (TPSA) is 139 Å². The predicted octanol–water partition coefficient (Wildman–Crippen LogP) is 5.52. The molecule has 11 heteroatoms. The standard InChI is InChI=1S/C35H38Cl2FN5O3/c36-22-14-15-25-27(19-22)42-33(46)35(25)28(23-7-6-9-26(37)29(23)38)30(31(40)44)43-34(35)16-3-2-8-24(34)20-10-12-21(13-11-20)32(45)41-18-5-1-4-17-39/h6-7,9-15,19,24,28,30,43H,1-5,8,16-18,39H2,(H2,40,44)(H,41,45)(H,42,46)/t24?,28-,30+,34?,35+/m0/s1. The normalized spacial score (nSPS) is 26.7. The highest BCUT2D eigenvalue weighted by Crippen LogP contribution is 2.65. The minimum absolute atomic E-state index is 0.111. The molecule has 1 aliphatic carbocycles. The molecule has 0 bridgehead atoms. The summed E-state index contributed by atoms with van der Waals surface area (Å²) in [6.45, 7) is 1.19. The summed E-state index contributed by atoms with van der Waals surface area (Å²) in [7, 11) is 0. The lowest BCUT2D eigenvalue weighted by molar-refractivity contribution is -0.124. The van der Waals surface area contributed by atoms with E-state index in [1.807, 2.05) is 12.1 Å². The maximum absolute atomic E-state index is 16.0. The summed E-state index contributed by atoms with van der Waals surface area (Å²) in [5.41, 5.74) is 11.8. The molecule has 2 heterocycles. The number of primary amides is 1. The van der Waals surface area contributed by atoms with Crippen LogP contribution in [0.1, 0.15) is 83.8 Å². The molecule has 3 amide bonds. The van der Waals surface area contributed by atoms with Crippen molar-refractivity contribution in [2.75, 3.05) is 18.4 Å². The van der Waals surface area contributed by atoms with Crippen molar-refractivity contribution >= 4 is 46.6 Å². The summed E-state index contributed by atoms with van der Waals surface area (Å²) in [4.78, 5) is 40.9. The average Bonchev–Trinajstić information content (AvgIpc) is 3.50. The summed E-state index contributed by atoms with van der Waals surface area (Å²) >= 11 is 12.7. The van der Waals surface area contributed by atoms with Crippen molar-refractivity contribution in [3.05, 3.63) is 98.8 Å². The first-order valence-electron chi connectivity index (χ1n) is 15.9. The van der Waals surface area contributed by atoms with E-state index in [0.29, 0.717) is 47.8 Å². The maximum Gasteiger partial charge on any atom is 0.251 e. The predicted molar refractivity (Wildman–Crippen MR) is 178 cm³/mol. The van der Waals surface area contributed by atoms with Gasteiger partial charge in [-0.05, 0) is 79.3 Å². The Balaban J connectivity index is 1.49. The van der Waals surface area contributed by atoms with Gasteiger partial charge in [0.05, 0.1) is 11.1 Å². The van der Waals surface area contributed by atoms with Crippen molar-refractivity contribution in [1.82, 2.24) is 10.6 Å². The number of rotatable bonds is 9. The Morgan fingerprint density at radius 1 is 1.02 bits per heavy atom. The molecule has 2 spiro atoms. The molecule has 2 aliphatic heterocycles. The molecule has 3 aromatic carbocycles. The van der Waals surface area contributed by atoms with Gasteiger partial charge in [0, 0.05) is 40.2 Å². The van der Waals surface area contributed by atoms with E-state index in [4.69, 9.17) is 34.7 Å². The van der Waals surface area contributed by atoms with E-state index in [-0.39, 0.29) is 28.3 Å². The van der Waals surface area contributed by atoms with Gasteiger partial charge in [0.25, 0.3) is 5.91 Å². The van der Waals surface area contributed by atoms with Crippen LogP contribution in [0, 0.1) is 5.82 Å². The molecule has 0 radical (unpaired) electrons. The van der Waals surface area contributed by atoms with Crippen LogP contribution in [0.3, 0.4) is 0 Å². The summed E-state index contributed by atoms with van der Waals surface area (Å²) in [6.07, 6.45) is 5.56. The molecule has 46 heavy (non-hydrogen) atoms. The van der Waals surface area contributed by atoms with Gasteiger partial charge in [-0.25, -0.2) is 4.39 Å². The molecular formula is C35H38Cl2FN5O3. The maximum atomic E-state index is 16.0. The minimum atomic E-state index is -1.46. The van der Waals surface area contributed by atoms with Crippen molar-refractivity contribution in [2.24, 2.45) is 11.5 Å². The zero-order chi connectivity index (χ0) is 32.6. The number of hydrogen-bond acceptors (Lipinski definition) is 5. The van der Waals surface area contributed by atoms with Gasteiger partial charge in [0.1, 0.15) is 11.2 Å². The van der Waals surface area contributed by atoms with E-state index < -0.39 is 34.6 Å². The van der Waals surface area contributed by atoms with Crippen LogP contribution in [0.2, 0.25) is 10.0 Å². The largest absolute Gasteiger partial charge is 0.368 e. The third-order valence-electron chi connectivity index (χ3n) is 10.2. The Labute approximate surface area is 277 Å². The highest BCUT2D eigenvalue weighted by atomic mass is 35.5. The lowest BCUT2D eigenvalue weighted by Crippen LogP contribution is -2.63. The third kappa shape index (κ3) is 5.18. The number of fused-ring (bicyclic) bond motifs is 3. The highest BCUT2D eigenvalue weighted by Gasteiger charge is 2.74. The number of carbonyl (C=O) groups is 3. The molecule has 2 fully saturated rings. The monoisotopic (exact) mass is 665 g/mol. The molecule has 6 rings (SSSR count). The van der Waals surface area contributed by atoms with Crippen LogP contribution in [0.4, 0.5) is 10.1 Å². The number of benzene rings is 3. The Hall–Kier alpha value is -3.50.